The van der Waals surface area contributed by atoms with Gasteiger partial charge in [0.1, 0.15) is 5.82 Å². The van der Waals surface area contributed by atoms with Gasteiger partial charge in [0.05, 0.1) is 5.52 Å². The molecule has 27 heavy (non-hydrogen) atoms. The SMILES string of the molecule is Cc1cc2ncccc2cc1Cc1nnc2ccc(NC3CCCC3)nn12. The molecule has 0 saturated heterocycles. The molecule has 136 valence electrons. The van der Waals surface area contributed by atoms with E-state index in [0.29, 0.717) is 12.5 Å². The summed E-state index contributed by atoms with van der Waals surface area (Å²) < 4.78 is 1.87. The minimum Gasteiger partial charge on any atom is -0.366 e. The molecule has 5 rings (SSSR count). The molecule has 0 atom stereocenters. The van der Waals surface area contributed by atoms with E-state index in [1.54, 1.807) is 0 Å². The number of benzene rings is 1. The van der Waals surface area contributed by atoms with Crippen LogP contribution in [0.3, 0.4) is 0 Å². The van der Waals surface area contributed by atoms with Crippen molar-refractivity contribution in [2.24, 2.45) is 0 Å². The molecule has 1 aliphatic carbocycles. The van der Waals surface area contributed by atoms with Gasteiger partial charge in [0.15, 0.2) is 11.5 Å². The first-order valence-corrected chi connectivity index (χ1v) is 9.58. The van der Waals surface area contributed by atoms with Gasteiger partial charge in [-0.05, 0) is 61.2 Å². The van der Waals surface area contributed by atoms with Crippen molar-refractivity contribution >= 4 is 22.4 Å². The quantitative estimate of drug-likeness (QED) is 0.599. The summed E-state index contributed by atoms with van der Waals surface area (Å²) in [5.41, 5.74) is 4.23. The van der Waals surface area contributed by atoms with Gasteiger partial charge in [0, 0.05) is 24.0 Å². The average Bonchev–Trinajstić information content (AvgIpc) is 3.32. The summed E-state index contributed by atoms with van der Waals surface area (Å²) in [7, 11) is 0. The van der Waals surface area contributed by atoms with Crippen molar-refractivity contribution in [2.75, 3.05) is 5.32 Å². The lowest BCUT2D eigenvalue weighted by Gasteiger charge is -2.12. The third-order valence-electron chi connectivity index (χ3n) is 5.44. The average molecular weight is 358 g/mol. The number of nitrogens with one attached hydrogen (secondary N) is 1. The van der Waals surface area contributed by atoms with E-state index in [1.807, 2.05) is 28.9 Å². The summed E-state index contributed by atoms with van der Waals surface area (Å²) in [4.78, 5) is 4.44. The van der Waals surface area contributed by atoms with Crippen LogP contribution in [0, 0.1) is 6.92 Å². The maximum atomic E-state index is 4.76. The molecule has 3 heterocycles. The minimum absolute atomic E-state index is 0.533. The van der Waals surface area contributed by atoms with E-state index in [9.17, 15) is 0 Å². The van der Waals surface area contributed by atoms with Crippen molar-refractivity contribution in [3.63, 3.8) is 0 Å². The summed E-state index contributed by atoms with van der Waals surface area (Å²) in [6.45, 7) is 2.12. The predicted molar refractivity (Wildman–Crippen MR) is 106 cm³/mol. The molecule has 3 aromatic heterocycles. The fourth-order valence-corrected chi connectivity index (χ4v) is 3.93. The minimum atomic E-state index is 0.533. The number of rotatable bonds is 4. The lowest BCUT2D eigenvalue weighted by molar-refractivity contribution is 0.739. The van der Waals surface area contributed by atoms with Gasteiger partial charge in [0.2, 0.25) is 0 Å². The molecule has 1 aromatic carbocycles. The van der Waals surface area contributed by atoms with Crippen LogP contribution in [0.2, 0.25) is 0 Å². The molecule has 6 heteroatoms. The molecule has 0 aliphatic heterocycles. The van der Waals surface area contributed by atoms with Gasteiger partial charge in [-0.25, -0.2) is 0 Å². The lowest BCUT2D eigenvalue weighted by atomic mass is 10.0. The zero-order valence-electron chi connectivity index (χ0n) is 15.4. The Morgan fingerprint density at radius 1 is 1.11 bits per heavy atom. The van der Waals surface area contributed by atoms with E-state index in [1.165, 1.54) is 36.8 Å². The fraction of sp³-hybridized carbons (Fsp3) is 0.333. The number of aryl methyl sites for hydroxylation is 1. The summed E-state index contributed by atoms with van der Waals surface area (Å²) in [5.74, 6) is 1.75. The van der Waals surface area contributed by atoms with Crippen LogP contribution in [-0.2, 0) is 6.42 Å². The van der Waals surface area contributed by atoms with Crippen LogP contribution >= 0.6 is 0 Å². The third-order valence-corrected chi connectivity index (χ3v) is 5.44. The summed E-state index contributed by atoms with van der Waals surface area (Å²) in [6, 6.07) is 12.9. The zero-order chi connectivity index (χ0) is 18.2. The number of hydrogen-bond donors (Lipinski definition) is 1. The second kappa shape index (κ2) is 6.61. The molecule has 1 N–H and O–H groups in total. The number of aromatic nitrogens is 5. The normalized spacial score (nSPS) is 15.0. The maximum absolute atomic E-state index is 4.76. The molecule has 0 bridgehead atoms. The largest absolute Gasteiger partial charge is 0.366 e. The van der Waals surface area contributed by atoms with Gasteiger partial charge in [-0.15, -0.1) is 15.3 Å². The zero-order valence-corrected chi connectivity index (χ0v) is 15.4. The highest BCUT2D eigenvalue weighted by molar-refractivity contribution is 5.80. The Kier molecular flexibility index (Phi) is 3.96. The molecular formula is C21H22N6. The highest BCUT2D eigenvalue weighted by atomic mass is 15.4. The van der Waals surface area contributed by atoms with Gasteiger partial charge in [-0.2, -0.15) is 4.52 Å². The Hall–Kier alpha value is -3.02. The van der Waals surface area contributed by atoms with E-state index >= 15 is 0 Å². The molecule has 1 saturated carbocycles. The van der Waals surface area contributed by atoms with E-state index in [4.69, 9.17) is 5.10 Å². The van der Waals surface area contributed by atoms with Crippen LogP contribution in [0.15, 0.2) is 42.6 Å². The monoisotopic (exact) mass is 358 g/mol. The Bertz CT molecular complexity index is 1110. The predicted octanol–water partition coefficient (Wildman–Crippen LogP) is 3.93. The molecule has 0 amide bonds. The van der Waals surface area contributed by atoms with Crippen molar-refractivity contribution in [2.45, 2.75) is 45.1 Å². The Morgan fingerprint density at radius 3 is 2.89 bits per heavy atom. The van der Waals surface area contributed by atoms with Crippen molar-refractivity contribution < 1.29 is 0 Å². The number of fused-ring (bicyclic) bond motifs is 2. The van der Waals surface area contributed by atoms with Crippen LogP contribution in [0.1, 0.15) is 42.6 Å². The summed E-state index contributed by atoms with van der Waals surface area (Å²) in [5, 5.41) is 18.1. The summed E-state index contributed by atoms with van der Waals surface area (Å²) >= 11 is 0. The van der Waals surface area contributed by atoms with E-state index in [2.05, 4.69) is 45.6 Å². The van der Waals surface area contributed by atoms with Gasteiger partial charge in [-0.1, -0.05) is 18.9 Å². The molecule has 4 aromatic rings. The molecule has 6 nitrogen and oxygen atoms in total. The van der Waals surface area contributed by atoms with E-state index in [-0.39, 0.29) is 0 Å². The Balaban J connectivity index is 1.48. The number of pyridine rings is 1. The number of nitrogens with zero attached hydrogens (tertiary/aromatic N) is 5. The van der Waals surface area contributed by atoms with E-state index < -0.39 is 0 Å². The highest BCUT2D eigenvalue weighted by Crippen LogP contribution is 2.23. The van der Waals surface area contributed by atoms with Crippen LogP contribution in [0.5, 0.6) is 0 Å². The Labute approximate surface area is 157 Å². The first kappa shape index (κ1) is 16.2. The topological polar surface area (TPSA) is 68.0 Å². The molecule has 0 unspecified atom stereocenters. The van der Waals surface area contributed by atoms with Crippen LogP contribution < -0.4 is 5.32 Å². The van der Waals surface area contributed by atoms with Crippen molar-refractivity contribution in [1.82, 2.24) is 24.8 Å². The van der Waals surface area contributed by atoms with Gasteiger partial charge < -0.3 is 5.32 Å². The van der Waals surface area contributed by atoms with E-state index in [0.717, 1.165) is 28.2 Å². The smallest absolute Gasteiger partial charge is 0.178 e. The van der Waals surface area contributed by atoms with Crippen molar-refractivity contribution in [3.8, 4) is 0 Å². The first-order chi connectivity index (χ1) is 13.3. The Morgan fingerprint density at radius 2 is 2.00 bits per heavy atom. The van der Waals surface area contributed by atoms with Gasteiger partial charge in [-0.3, -0.25) is 4.98 Å². The number of anilines is 1. The van der Waals surface area contributed by atoms with Crippen LogP contribution in [0.4, 0.5) is 5.82 Å². The van der Waals surface area contributed by atoms with Crippen LogP contribution in [-0.4, -0.2) is 30.8 Å². The second-order valence-electron chi connectivity index (χ2n) is 7.38. The third kappa shape index (κ3) is 3.12. The molecule has 1 fully saturated rings. The lowest BCUT2D eigenvalue weighted by Crippen LogP contribution is -2.16. The first-order valence-electron chi connectivity index (χ1n) is 9.58. The van der Waals surface area contributed by atoms with Gasteiger partial charge >= 0.3 is 0 Å². The molecule has 1 aliphatic rings. The fourth-order valence-electron chi connectivity index (χ4n) is 3.93. The van der Waals surface area contributed by atoms with Crippen molar-refractivity contribution in [3.05, 3.63) is 59.5 Å². The standard InChI is InChI=1S/C21H22N6/c1-14-11-18-15(5-4-10-22-18)12-16(14)13-21-25-24-20-9-8-19(26-27(20)21)23-17-6-2-3-7-17/h4-5,8-12,17H,2-3,6-7,13H2,1H3,(H,23,26). The highest BCUT2D eigenvalue weighted by Gasteiger charge is 2.16. The second-order valence-corrected chi connectivity index (χ2v) is 7.38. The van der Waals surface area contributed by atoms with Crippen molar-refractivity contribution in [1.29, 1.82) is 0 Å². The summed E-state index contributed by atoms with van der Waals surface area (Å²) in [6.07, 6.45) is 7.56. The van der Waals surface area contributed by atoms with Crippen LogP contribution in [0.25, 0.3) is 16.6 Å². The maximum Gasteiger partial charge on any atom is 0.178 e. The molecular weight excluding hydrogens is 336 g/mol. The molecule has 0 radical (unpaired) electrons. The number of hydrogen-bond acceptors (Lipinski definition) is 5. The van der Waals surface area contributed by atoms with Gasteiger partial charge in [0.25, 0.3) is 0 Å². The molecule has 0 spiro atoms.